The Labute approximate surface area is 83.8 Å². The van der Waals surface area contributed by atoms with Gasteiger partial charge in [0, 0.05) is 18.0 Å². The predicted molar refractivity (Wildman–Crippen MR) is 54.7 cm³/mol. The maximum Gasteiger partial charge on any atom is 0.146 e. The van der Waals surface area contributed by atoms with Crippen molar-refractivity contribution < 1.29 is 9.47 Å². The van der Waals surface area contributed by atoms with E-state index in [1.54, 1.807) is 0 Å². The quantitative estimate of drug-likeness (QED) is 0.368. The van der Waals surface area contributed by atoms with Crippen LogP contribution < -0.4 is 0 Å². The Bertz CT molecular complexity index is 86.6. The van der Waals surface area contributed by atoms with Crippen molar-refractivity contribution in [3.8, 4) is 0 Å². The van der Waals surface area contributed by atoms with Crippen LogP contribution in [0.15, 0.2) is 0 Å². The fraction of sp³-hybridized carbons (Fsp3) is 1.00. The first-order valence-corrected chi connectivity index (χ1v) is 5.48. The number of ether oxygens (including phenoxy) is 2. The Morgan fingerprint density at radius 3 is 2.50 bits per heavy atom. The van der Waals surface area contributed by atoms with Crippen molar-refractivity contribution in [1.82, 2.24) is 0 Å². The Kier molecular flexibility index (Phi) is 9.80. The highest BCUT2D eigenvalue weighted by Gasteiger charge is 1.94. The lowest BCUT2D eigenvalue weighted by Crippen LogP contribution is -2.03. The highest BCUT2D eigenvalue weighted by molar-refractivity contribution is 9.09. The number of halogens is 1. The molecule has 1 unspecified atom stereocenters. The summed E-state index contributed by atoms with van der Waals surface area (Å²) in [6.45, 7) is 6.29. The van der Waals surface area contributed by atoms with E-state index in [2.05, 4.69) is 29.8 Å². The molecule has 0 rings (SSSR count). The third kappa shape index (κ3) is 10.4. The Morgan fingerprint density at radius 1 is 1.25 bits per heavy atom. The van der Waals surface area contributed by atoms with Gasteiger partial charge in [-0.25, -0.2) is 0 Å². The zero-order valence-electron chi connectivity index (χ0n) is 8.01. The summed E-state index contributed by atoms with van der Waals surface area (Å²) in [7, 11) is 0. The summed E-state index contributed by atoms with van der Waals surface area (Å²) < 4.78 is 10.4. The minimum atomic E-state index is 0.449. The van der Waals surface area contributed by atoms with E-state index in [4.69, 9.17) is 9.47 Å². The molecule has 0 spiro atoms. The topological polar surface area (TPSA) is 18.5 Å². The molecule has 0 saturated carbocycles. The van der Waals surface area contributed by atoms with Crippen LogP contribution in [0.1, 0.15) is 33.1 Å². The molecule has 0 fully saturated rings. The van der Waals surface area contributed by atoms with Gasteiger partial charge in [0.25, 0.3) is 0 Å². The first-order chi connectivity index (χ1) is 5.77. The average Bonchev–Trinajstić information content (AvgIpc) is 2.02. The van der Waals surface area contributed by atoms with Crippen molar-refractivity contribution in [3.63, 3.8) is 0 Å². The van der Waals surface area contributed by atoms with Gasteiger partial charge in [0.2, 0.25) is 0 Å². The lowest BCUT2D eigenvalue weighted by atomic mass is 10.3. The number of alkyl halides is 1. The first-order valence-electron chi connectivity index (χ1n) is 4.57. The van der Waals surface area contributed by atoms with Gasteiger partial charge in [-0.1, -0.05) is 29.8 Å². The van der Waals surface area contributed by atoms with Crippen LogP contribution in [0.2, 0.25) is 0 Å². The van der Waals surface area contributed by atoms with Crippen molar-refractivity contribution in [3.05, 3.63) is 0 Å². The molecule has 0 aliphatic carbocycles. The van der Waals surface area contributed by atoms with Gasteiger partial charge in [0.1, 0.15) is 6.79 Å². The summed E-state index contributed by atoms with van der Waals surface area (Å²) in [5.74, 6) is 0. The van der Waals surface area contributed by atoms with Crippen molar-refractivity contribution >= 4 is 15.9 Å². The summed E-state index contributed by atoms with van der Waals surface area (Å²) >= 11 is 3.48. The number of hydrogen-bond donors (Lipinski definition) is 0. The molecule has 0 amide bonds. The fourth-order valence-electron chi connectivity index (χ4n) is 0.788. The first kappa shape index (κ1) is 12.4. The minimum absolute atomic E-state index is 0.449. The molecule has 0 aliphatic heterocycles. The molecule has 0 N–H and O–H groups in total. The number of hydrogen-bond acceptors (Lipinski definition) is 2. The molecule has 0 aromatic heterocycles. The molecule has 12 heavy (non-hydrogen) atoms. The van der Waals surface area contributed by atoms with E-state index in [-0.39, 0.29) is 0 Å². The second kappa shape index (κ2) is 9.49. The highest BCUT2D eigenvalue weighted by Crippen LogP contribution is 2.05. The normalized spacial score (nSPS) is 13.2. The second-order valence-corrected chi connectivity index (χ2v) is 4.42. The Morgan fingerprint density at radius 2 is 1.92 bits per heavy atom. The van der Waals surface area contributed by atoms with Crippen LogP contribution >= 0.6 is 15.9 Å². The van der Waals surface area contributed by atoms with Crippen LogP contribution in [-0.4, -0.2) is 24.8 Å². The van der Waals surface area contributed by atoms with Crippen molar-refractivity contribution in [2.75, 3.05) is 20.0 Å². The SMILES string of the molecule is CCCOCOCCCC(C)Br. The zero-order chi connectivity index (χ0) is 9.23. The Hall–Kier alpha value is 0.400. The van der Waals surface area contributed by atoms with Gasteiger partial charge in [-0.2, -0.15) is 0 Å². The van der Waals surface area contributed by atoms with Crippen LogP contribution in [0.5, 0.6) is 0 Å². The van der Waals surface area contributed by atoms with Crippen LogP contribution in [0, 0.1) is 0 Å². The summed E-state index contributed by atoms with van der Waals surface area (Å²) in [5, 5.41) is 0. The zero-order valence-corrected chi connectivity index (χ0v) is 9.60. The fourth-order valence-corrected chi connectivity index (χ4v) is 1.11. The maximum atomic E-state index is 5.24. The molecule has 1 atom stereocenters. The van der Waals surface area contributed by atoms with E-state index < -0.39 is 0 Å². The molecule has 0 saturated heterocycles. The average molecular weight is 239 g/mol. The molecule has 0 heterocycles. The van der Waals surface area contributed by atoms with Crippen molar-refractivity contribution in [1.29, 1.82) is 0 Å². The molecule has 3 heteroatoms. The van der Waals surface area contributed by atoms with E-state index in [1.165, 1.54) is 0 Å². The molecule has 0 bridgehead atoms. The van der Waals surface area contributed by atoms with Gasteiger partial charge in [0.15, 0.2) is 0 Å². The smallest absolute Gasteiger partial charge is 0.146 e. The summed E-state index contributed by atoms with van der Waals surface area (Å²) in [6.07, 6.45) is 3.32. The van der Waals surface area contributed by atoms with Gasteiger partial charge in [0.05, 0.1) is 0 Å². The molecule has 2 nitrogen and oxygen atoms in total. The van der Waals surface area contributed by atoms with Crippen LogP contribution in [-0.2, 0) is 9.47 Å². The van der Waals surface area contributed by atoms with Gasteiger partial charge < -0.3 is 9.47 Å². The monoisotopic (exact) mass is 238 g/mol. The molecule has 0 aliphatic rings. The lowest BCUT2D eigenvalue weighted by Gasteiger charge is -2.05. The van der Waals surface area contributed by atoms with Gasteiger partial charge in [-0.05, 0) is 19.3 Å². The summed E-state index contributed by atoms with van der Waals surface area (Å²) in [5.41, 5.74) is 0. The maximum absolute atomic E-state index is 5.24. The molecule has 0 aromatic rings. The van der Waals surface area contributed by atoms with Crippen molar-refractivity contribution in [2.45, 2.75) is 37.9 Å². The molecular weight excluding hydrogens is 220 g/mol. The second-order valence-electron chi connectivity index (χ2n) is 2.86. The van der Waals surface area contributed by atoms with Gasteiger partial charge >= 0.3 is 0 Å². The van der Waals surface area contributed by atoms with E-state index in [0.29, 0.717) is 11.6 Å². The molecule has 74 valence electrons. The van der Waals surface area contributed by atoms with Gasteiger partial charge in [-0.15, -0.1) is 0 Å². The van der Waals surface area contributed by atoms with E-state index >= 15 is 0 Å². The number of rotatable bonds is 8. The molecular formula is C9H19BrO2. The lowest BCUT2D eigenvalue weighted by molar-refractivity contribution is -0.0542. The molecule has 0 aromatic carbocycles. The third-order valence-corrected chi connectivity index (χ3v) is 1.86. The van der Waals surface area contributed by atoms with Crippen LogP contribution in [0.3, 0.4) is 0 Å². The van der Waals surface area contributed by atoms with E-state index in [1.807, 2.05) is 0 Å². The van der Waals surface area contributed by atoms with Crippen LogP contribution in [0.25, 0.3) is 0 Å². The summed E-state index contributed by atoms with van der Waals surface area (Å²) in [4.78, 5) is 0.595. The third-order valence-electron chi connectivity index (χ3n) is 1.41. The van der Waals surface area contributed by atoms with Crippen molar-refractivity contribution in [2.24, 2.45) is 0 Å². The van der Waals surface area contributed by atoms with E-state index in [9.17, 15) is 0 Å². The summed E-state index contributed by atoms with van der Waals surface area (Å²) in [6, 6.07) is 0. The standard InChI is InChI=1S/C9H19BrO2/c1-3-6-11-8-12-7-4-5-9(2)10/h9H,3-8H2,1-2H3. The van der Waals surface area contributed by atoms with E-state index in [0.717, 1.165) is 32.5 Å². The largest absolute Gasteiger partial charge is 0.355 e. The van der Waals surface area contributed by atoms with Crippen LogP contribution in [0.4, 0.5) is 0 Å². The molecule has 0 radical (unpaired) electrons. The minimum Gasteiger partial charge on any atom is -0.355 e. The highest BCUT2D eigenvalue weighted by atomic mass is 79.9. The van der Waals surface area contributed by atoms with Gasteiger partial charge in [-0.3, -0.25) is 0 Å². The predicted octanol–water partition coefficient (Wildman–Crippen LogP) is 2.95. The Balaban J connectivity index is 2.82.